The lowest BCUT2D eigenvalue weighted by atomic mass is 10.3. The van der Waals surface area contributed by atoms with E-state index in [1.54, 1.807) is 0 Å². The van der Waals surface area contributed by atoms with Gasteiger partial charge in [0, 0.05) is 0 Å². The Morgan fingerprint density at radius 3 is 1.07 bits per heavy atom. The van der Waals surface area contributed by atoms with Gasteiger partial charge in [0.1, 0.15) is 19.6 Å². The van der Waals surface area contributed by atoms with Crippen molar-refractivity contribution in [3.8, 4) is 0 Å². The first-order valence-electron chi connectivity index (χ1n) is 15.6. The molecular formula is C27H18Cl3N15O12S4. The van der Waals surface area contributed by atoms with Crippen LogP contribution < -0.4 is 31.9 Å². The summed E-state index contributed by atoms with van der Waals surface area (Å²) < 4.78 is 141. The van der Waals surface area contributed by atoms with E-state index in [-0.39, 0.29) is 28.6 Å². The Morgan fingerprint density at radius 1 is 0.361 bits per heavy atom. The van der Waals surface area contributed by atoms with E-state index in [9.17, 15) is 51.9 Å². The minimum Gasteiger partial charge on any atom is -0.300 e. The summed E-state index contributed by atoms with van der Waals surface area (Å²) in [7, 11) is -20.9. The highest BCUT2D eigenvalue weighted by atomic mass is 35.5. The van der Waals surface area contributed by atoms with Crippen molar-refractivity contribution in [2.24, 2.45) is 44.9 Å². The molecule has 3 aromatic carbocycles. The Labute approximate surface area is 356 Å². The highest BCUT2D eigenvalue weighted by Gasteiger charge is 2.28. The molecule has 0 unspecified atom stereocenters. The molecule has 10 rings (SSSR count). The van der Waals surface area contributed by atoms with Gasteiger partial charge < -0.3 is 16.0 Å². The van der Waals surface area contributed by atoms with Gasteiger partial charge in [0.25, 0.3) is 40.5 Å². The number of nitrogens with one attached hydrogen (secondary N) is 6. The first kappa shape index (κ1) is 43.1. The van der Waals surface area contributed by atoms with E-state index in [0.29, 0.717) is 12.1 Å². The summed E-state index contributed by atoms with van der Waals surface area (Å²) in [6, 6.07) is 7.26. The maximum atomic E-state index is 12.5. The lowest BCUT2D eigenvalue weighted by Gasteiger charge is -2.18. The average molecular weight is 979 g/mol. The van der Waals surface area contributed by atoms with Gasteiger partial charge in [-0.25, -0.2) is 30.0 Å². The Hall–Kier alpha value is -6.00. The predicted octanol–water partition coefficient (Wildman–Crippen LogP) is 1.38. The second-order valence-corrected chi connectivity index (χ2v) is 18.3. The average Bonchev–Trinajstić information content (AvgIpc) is 3.10. The summed E-state index contributed by atoms with van der Waals surface area (Å²) in [5.41, 5.74) is -2.85. The van der Waals surface area contributed by atoms with Gasteiger partial charge >= 0.3 is 0 Å². The van der Waals surface area contributed by atoms with Crippen LogP contribution in [0.3, 0.4) is 0 Å². The number of benzene rings is 3. The fourth-order valence-electron chi connectivity index (χ4n) is 5.07. The fourth-order valence-corrected chi connectivity index (χ4v) is 8.22. The highest BCUT2D eigenvalue weighted by Crippen LogP contribution is 2.36. The molecule has 10 N–H and O–H groups in total. The molecule has 0 amide bonds. The highest BCUT2D eigenvalue weighted by molar-refractivity contribution is 7.87. The number of hydrogen-bond acceptors (Lipinski definition) is 23. The number of aliphatic imine (C=N–C) groups is 9. The molecule has 0 saturated carbocycles. The van der Waals surface area contributed by atoms with Gasteiger partial charge in [0.05, 0.1) is 34.1 Å². The second-order valence-electron chi connectivity index (χ2n) is 11.6. The summed E-state index contributed by atoms with van der Waals surface area (Å²) in [4.78, 5) is 32.1. The fraction of sp³-hybridized carbons (Fsp3) is 0. The first-order chi connectivity index (χ1) is 28.4. The Balaban J connectivity index is 1.49. The number of amidine groups is 3. The SMILES string of the molecule is O=S(=O)(O)c1cc2ccc1N=C1N=C(Cl)NC(=Nc3cc(c(S(=O)(=O)O)cc3S(=O)(=O)O)N=C3NC(Cl)=NC(=Nc4ccc(cc4S(=O)(=O)O)N=C4NC(Cl)=NC(=N2)N4)N3)N1. The number of rotatable bonds is 4. The van der Waals surface area contributed by atoms with Crippen molar-refractivity contribution < 1.29 is 51.9 Å². The van der Waals surface area contributed by atoms with Gasteiger partial charge in [0.15, 0.2) is 0 Å². The molecule has 7 aliphatic heterocycles. The van der Waals surface area contributed by atoms with Gasteiger partial charge in [-0.05, 0) is 83.3 Å². The van der Waals surface area contributed by atoms with Crippen molar-refractivity contribution >= 4 is 161 Å². The van der Waals surface area contributed by atoms with Crippen LogP contribution in [0.2, 0.25) is 0 Å². The summed E-state index contributed by atoms with van der Waals surface area (Å²) >= 11 is 18.4. The van der Waals surface area contributed by atoms with Crippen LogP contribution in [0, 0.1) is 0 Å². The van der Waals surface area contributed by atoms with E-state index in [2.05, 4.69) is 76.8 Å². The third-order valence-electron chi connectivity index (χ3n) is 7.40. The zero-order valence-corrected chi connectivity index (χ0v) is 34.5. The van der Waals surface area contributed by atoms with Crippen LogP contribution in [-0.2, 0) is 40.5 Å². The van der Waals surface area contributed by atoms with Crippen LogP contribution in [0.5, 0.6) is 0 Å². The predicted molar refractivity (Wildman–Crippen MR) is 220 cm³/mol. The van der Waals surface area contributed by atoms with E-state index in [0.717, 1.165) is 24.3 Å². The molecule has 27 nitrogen and oxygen atoms in total. The Morgan fingerprint density at radius 2 is 0.689 bits per heavy atom. The van der Waals surface area contributed by atoms with Gasteiger partial charge in [-0.15, -0.1) is 0 Å². The number of nitrogens with zero attached hydrogens (tertiary/aromatic N) is 9. The summed E-state index contributed by atoms with van der Waals surface area (Å²) in [5, 5.41) is 13.6. The van der Waals surface area contributed by atoms with E-state index < -0.39 is 117 Å². The van der Waals surface area contributed by atoms with Crippen LogP contribution >= 0.6 is 34.8 Å². The number of hydrogen-bond donors (Lipinski definition) is 10. The lowest BCUT2D eigenvalue weighted by molar-refractivity contribution is 0.478. The standard InChI is InChI=1S/C27H18Cl3N15O12S4/c28-19-37-22-31-9-1-3-11(15(5-9)58(46,47)48)33-24-39-20(29)41-26(44-24)35-13-7-14(18(61(55,56)57)8-17(13)60(52,53)54)36-27-42-21(30)40-25(45-27)34-12-4-2-10(32-23(38-19)43-22)6-16(12)59(49,50)51/h1-8H,(H,46,47,48)(H,49,50,51)(H,52,53,54)(H,55,56,57)(H2,31,32,37,38,43)(H2,33,35,39,41,44)(H2,34,36,40,42,45). The lowest BCUT2D eigenvalue weighted by Crippen LogP contribution is -2.47. The molecule has 0 fully saturated rings. The minimum absolute atomic E-state index is 0.153. The van der Waals surface area contributed by atoms with Crippen LogP contribution in [0.15, 0.2) is 113 Å². The van der Waals surface area contributed by atoms with Gasteiger partial charge in [-0.3, -0.25) is 34.2 Å². The molecule has 318 valence electrons. The van der Waals surface area contributed by atoms with Gasteiger partial charge in [-0.2, -0.15) is 48.6 Å². The summed E-state index contributed by atoms with van der Waals surface area (Å²) in [6.45, 7) is 0. The number of guanidine groups is 6. The largest absolute Gasteiger partial charge is 0.300 e. The molecule has 3 aromatic rings. The zero-order chi connectivity index (χ0) is 44.2. The molecule has 0 aliphatic carbocycles. The zero-order valence-electron chi connectivity index (χ0n) is 29.0. The molecule has 0 atom stereocenters. The first-order valence-corrected chi connectivity index (χ1v) is 22.5. The smallest absolute Gasteiger partial charge is 0.296 e. The molecule has 0 aromatic heterocycles. The third kappa shape index (κ3) is 10.1. The summed E-state index contributed by atoms with van der Waals surface area (Å²) in [5.74, 6) is -2.66. The molecule has 7 heterocycles. The van der Waals surface area contributed by atoms with E-state index in [1.807, 2.05) is 0 Å². The maximum Gasteiger partial charge on any atom is 0.296 e. The van der Waals surface area contributed by atoms with E-state index in [1.165, 1.54) is 12.1 Å². The topological polar surface area (TPSA) is 401 Å². The molecule has 12 bridgehead atoms. The molecular weight excluding hydrogens is 961 g/mol. The van der Waals surface area contributed by atoms with Crippen molar-refractivity contribution in [3.63, 3.8) is 0 Å². The molecule has 7 aliphatic rings. The number of halogens is 3. The van der Waals surface area contributed by atoms with Crippen molar-refractivity contribution in [1.29, 1.82) is 0 Å². The monoisotopic (exact) mass is 977 g/mol. The minimum atomic E-state index is -5.38. The molecule has 0 radical (unpaired) electrons. The Bertz CT molecular complexity index is 3240. The Kier molecular flexibility index (Phi) is 11.2. The second kappa shape index (κ2) is 15.8. The summed E-state index contributed by atoms with van der Waals surface area (Å²) in [6.07, 6.45) is 0. The quantitative estimate of drug-likeness (QED) is 0.130. The molecule has 61 heavy (non-hydrogen) atoms. The van der Waals surface area contributed by atoms with Gasteiger partial charge in [0.2, 0.25) is 51.6 Å². The van der Waals surface area contributed by atoms with Crippen LogP contribution in [0.4, 0.5) is 34.1 Å². The van der Waals surface area contributed by atoms with Gasteiger partial charge in [-0.1, -0.05) is 0 Å². The maximum absolute atomic E-state index is 12.5. The van der Waals surface area contributed by atoms with Crippen molar-refractivity contribution in [1.82, 2.24) is 31.9 Å². The van der Waals surface area contributed by atoms with Crippen molar-refractivity contribution in [2.75, 3.05) is 0 Å². The van der Waals surface area contributed by atoms with E-state index >= 15 is 0 Å². The molecule has 0 spiro atoms. The van der Waals surface area contributed by atoms with E-state index in [4.69, 9.17) is 34.8 Å². The van der Waals surface area contributed by atoms with Crippen molar-refractivity contribution in [3.05, 3.63) is 48.5 Å². The van der Waals surface area contributed by atoms with Crippen LogP contribution in [-0.4, -0.2) is 104 Å². The molecule has 34 heteroatoms. The van der Waals surface area contributed by atoms with Crippen LogP contribution in [0.25, 0.3) is 0 Å². The van der Waals surface area contributed by atoms with Crippen molar-refractivity contribution in [2.45, 2.75) is 19.6 Å². The third-order valence-corrected chi connectivity index (χ3v) is 11.5. The molecule has 0 saturated heterocycles. The normalized spacial score (nSPS) is 17.0. The van der Waals surface area contributed by atoms with Crippen LogP contribution in [0.1, 0.15) is 0 Å².